The lowest BCUT2D eigenvalue weighted by Gasteiger charge is -2.29. The molecule has 6 rings (SSSR count). The van der Waals surface area contributed by atoms with Gasteiger partial charge in [0.15, 0.2) is 0 Å². The van der Waals surface area contributed by atoms with Gasteiger partial charge in [0.05, 0.1) is 24.3 Å². The van der Waals surface area contributed by atoms with Crippen molar-refractivity contribution in [2.45, 2.75) is 25.3 Å². The third-order valence-corrected chi connectivity index (χ3v) is 7.72. The Hall–Kier alpha value is -3.59. The molecule has 38 heavy (non-hydrogen) atoms. The molecule has 3 aromatic heterocycles. The molecule has 2 aliphatic rings. The van der Waals surface area contributed by atoms with E-state index in [-0.39, 0.29) is 5.56 Å². The number of aromatic nitrogens is 3. The van der Waals surface area contributed by atoms with E-state index < -0.39 is 0 Å². The minimum Gasteiger partial charge on any atom is -0.379 e. The maximum absolute atomic E-state index is 12.8. The van der Waals surface area contributed by atoms with Gasteiger partial charge in [0.2, 0.25) is 0 Å². The van der Waals surface area contributed by atoms with Crippen LogP contribution in [0.2, 0.25) is 0 Å². The van der Waals surface area contributed by atoms with Crippen LogP contribution < -0.4 is 10.9 Å². The summed E-state index contributed by atoms with van der Waals surface area (Å²) in [5, 5.41) is 4.82. The highest BCUT2D eigenvalue weighted by Crippen LogP contribution is 2.31. The number of morpholine rings is 1. The molecule has 2 fully saturated rings. The number of hydrogen-bond acceptors (Lipinski definition) is 7. The number of nitrogens with one attached hydrogen (secondary N) is 2. The molecule has 0 spiro atoms. The Morgan fingerprint density at radius 2 is 1.82 bits per heavy atom. The van der Waals surface area contributed by atoms with Crippen molar-refractivity contribution < 1.29 is 4.74 Å². The van der Waals surface area contributed by atoms with Gasteiger partial charge >= 0.3 is 0 Å². The first kappa shape index (κ1) is 24.7. The van der Waals surface area contributed by atoms with Gasteiger partial charge in [-0.1, -0.05) is 12.1 Å². The van der Waals surface area contributed by atoms with Crippen molar-refractivity contribution in [1.82, 2.24) is 24.8 Å². The number of benzene rings is 1. The first-order valence-corrected chi connectivity index (χ1v) is 13.4. The molecular formula is C30H34N6O2. The number of anilines is 2. The Kier molecular flexibility index (Phi) is 7.18. The van der Waals surface area contributed by atoms with Gasteiger partial charge in [-0.2, -0.15) is 0 Å². The second-order valence-electron chi connectivity index (χ2n) is 10.4. The van der Waals surface area contributed by atoms with Crippen molar-refractivity contribution in [3.05, 3.63) is 82.5 Å². The van der Waals surface area contributed by atoms with E-state index in [1.54, 1.807) is 6.20 Å². The predicted octanol–water partition coefficient (Wildman–Crippen LogP) is 4.37. The first-order chi connectivity index (χ1) is 18.6. The number of hydrogen-bond donors (Lipinski definition) is 2. The van der Waals surface area contributed by atoms with Gasteiger partial charge in [0, 0.05) is 49.5 Å². The minimum absolute atomic E-state index is 0.161. The molecule has 1 aromatic carbocycles. The zero-order chi connectivity index (χ0) is 25.9. The number of piperidine rings is 1. The average molecular weight is 511 g/mol. The minimum atomic E-state index is -0.161. The molecule has 5 heterocycles. The van der Waals surface area contributed by atoms with Crippen LogP contribution in [0.25, 0.3) is 22.0 Å². The second kappa shape index (κ2) is 11.0. The summed E-state index contributed by atoms with van der Waals surface area (Å²) < 4.78 is 5.48. The maximum atomic E-state index is 12.8. The maximum Gasteiger partial charge on any atom is 0.259 e. The first-order valence-electron chi connectivity index (χ1n) is 13.4. The molecule has 0 aliphatic carbocycles. The Labute approximate surface area is 222 Å². The van der Waals surface area contributed by atoms with Crippen molar-refractivity contribution in [2.24, 2.45) is 0 Å². The molecular weight excluding hydrogens is 476 g/mol. The van der Waals surface area contributed by atoms with Crippen molar-refractivity contribution in [3.63, 3.8) is 0 Å². The van der Waals surface area contributed by atoms with Crippen molar-refractivity contribution >= 4 is 22.3 Å². The largest absolute Gasteiger partial charge is 0.379 e. The van der Waals surface area contributed by atoms with Crippen LogP contribution in [0.1, 0.15) is 29.9 Å². The molecule has 0 bridgehead atoms. The summed E-state index contributed by atoms with van der Waals surface area (Å²) in [5.41, 5.74) is 4.97. The number of likely N-dealkylation sites (tertiary alicyclic amines) is 1. The molecule has 2 saturated heterocycles. The number of ether oxygens (including phenoxy) is 1. The normalized spacial score (nSPS) is 17.6. The van der Waals surface area contributed by atoms with E-state index in [9.17, 15) is 4.79 Å². The molecule has 0 amide bonds. The van der Waals surface area contributed by atoms with Crippen molar-refractivity contribution in [2.75, 3.05) is 51.8 Å². The Morgan fingerprint density at radius 3 is 2.61 bits per heavy atom. The fourth-order valence-corrected chi connectivity index (χ4v) is 5.50. The summed E-state index contributed by atoms with van der Waals surface area (Å²) in [7, 11) is 2.19. The van der Waals surface area contributed by atoms with E-state index in [1.807, 2.05) is 24.5 Å². The molecule has 8 nitrogen and oxygen atoms in total. The van der Waals surface area contributed by atoms with Gasteiger partial charge in [-0.25, -0.2) is 4.98 Å². The van der Waals surface area contributed by atoms with E-state index in [4.69, 9.17) is 9.72 Å². The zero-order valence-electron chi connectivity index (χ0n) is 21.8. The van der Waals surface area contributed by atoms with E-state index >= 15 is 0 Å². The molecule has 0 radical (unpaired) electrons. The third kappa shape index (κ3) is 5.48. The standard InChI is InChI=1S/C30H34N6O2/c1-35-10-7-23(8-11-35)22-2-4-26(5-3-22)33-29-28-24(6-9-32-30(28)37)17-27(34-29)25-16-21(18-31-19-25)20-36-12-14-38-15-13-36/h2-6,9,16-19,23H,7-8,10-15,20H2,1H3,(H,32,37)(H,33,34). The van der Waals surface area contributed by atoms with E-state index in [0.29, 0.717) is 17.1 Å². The summed E-state index contributed by atoms with van der Waals surface area (Å²) in [6.45, 7) is 6.48. The number of nitrogens with zero attached hydrogens (tertiary/aromatic N) is 4. The summed E-state index contributed by atoms with van der Waals surface area (Å²) in [6, 6.07) is 14.6. The van der Waals surface area contributed by atoms with E-state index in [1.165, 1.54) is 18.4 Å². The van der Waals surface area contributed by atoms with E-state index in [0.717, 1.165) is 73.8 Å². The lowest BCUT2D eigenvalue weighted by molar-refractivity contribution is 0.0341. The smallest absolute Gasteiger partial charge is 0.259 e. The van der Waals surface area contributed by atoms with Crippen LogP contribution in [0.3, 0.4) is 0 Å². The van der Waals surface area contributed by atoms with Crippen LogP contribution in [-0.4, -0.2) is 71.2 Å². The van der Waals surface area contributed by atoms with Gasteiger partial charge in [-0.05, 0) is 85.7 Å². The van der Waals surface area contributed by atoms with Gasteiger partial charge < -0.3 is 19.9 Å². The summed E-state index contributed by atoms with van der Waals surface area (Å²) in [6.07, 6.45) is 7.80. The highest BCUT2D eigenvalue weighted by molar-refractivity contribution is 5.95. The molecule has 0 atom stereocenters. The van der Waals surface area contributed by atoms with E-state index in [2.05, 4.69) is 62.5 Å². The van der Waals surface area contributed by atoms with Crippen LogP contribution in [0.5, 0.6) is 0 Å². The quantitative estimate of drug-likeness (QED) is 0.398. The average Bonchev–Trinajstić information content (AvgIpc) is 2.95. The molecule has 8 heteroatoms. The van der Waals surface area contributed by atoms with Crippen LogP contribution >= 0.6 is 0 Å². The van der Waals surface area contributed by atoms with Crippen molar-refractivity contribution in [3.8, 4) is 11.3 Å². The van der Waals surface area contributed by atoms with Crippen LogP contribution in [0.4, 0.5) is 11.5 Å². The third-order valence-electron chi connectivity index (χ3n) is 7.72. The van der Waals surface area contributed by atoms with Crippen LogP contribution in [0, 0.1) is 0 Å². The van der Waals surface area contributed by atoms with Crippen molar-refractivity contribution in [1.29, 1.82) is 0 Å². The summed E-state index contributed by atoms with van der Waals surface area (Å²) in [4.78, 5) is 29.8. The zero-order valence-corrected chi connectivity index (χ0v) is 21.8. The van der Waals surface area contributed by atoms with Gasteiger partial charge in [-0.15, -0.1) is 0 Å². The predicted molar refractivity (Wildman–Crippen MR) is 151 cm³/mol. The second-order valence-corrected chi connectivity index (χ2v) is 10.4. The Bertz CT molecular complexity index is 1450. The molecule has 0 unspecified atom stereocenters. The fraction of sp³-hybridized carbons (Fsp3) is 0.367. The SMILES string of the molecule is CN1CCC(c2ccc(Nc3nc(-c4cncc(CN5CCOCC5)c4)cc4cc[nH]c(=O)c34)cc2)CC1. The molecule has 2 N–H and O–H groups in total. The molecule has 2 aliphatic heterocycles. The molecule has 0 saturated carbocycles. The van der Waals surface area contributed by atoms with Crippen LogP contribution in [-0.2, 0) is 11.3 Å². The van der Waals surface area contributed by atoms with Gasteiger partial charge in [-0.3, -0.25) is 14.7 Å². The van der Waals surface area contributed by atoms with Gasteiger partial charge in [0.25, 0.3) is 5.56 Å². The number of fused-ring (bicyclic) bond motifs is 1. The molecule has 196 valence electrons. The van der Waals surface area contributed by atoms with Crippen LogP contribution in [0.15, 0.2) is 65.8 Å². The Balaban J connectivity index is 1.29. The molecule has 4 aromatic rings. The number of aromatic amines is 1. The lowest BCUT2D eigenvalue weighted by Crippen LogP contribution is -2.35. The Morgan fingerprint density at radius 1 is 1.03 bits per heavy atom. The lowest BCUT2D eigenvalue weighted by atomic mass is 9.89. The fourth-order valence-electron chi connectivity index (χ4n) is 5.50. The number of rotatable bonds is 6. The van der Waals surface area contributed by atoms with Gasteiger partial charge in [0.1, 0.15) is 5.82 Å². The number of H-pyrrole nitrogens is 1. The monoisotopic (exact) mass is 510 g/mol. The highest BCUT2D eigenvalue weighted by Gasteiger charge is 2.19. The summed E-state index contributed by atoms with van der Waals surface area (Å²) >= 11 is 0. The number of pyridine rings is 3. The highest BCUT2D eigenvalue weighted by atomic mass is 16.5. The summed E-state index contributed by atoms with van der Waals surface area (Å²) in [5.74, 6) is 1.15. The topological polar surface area (TPSA) is 86.4 Å².